The van der Waals surface area contributed by atoms with Crippen LogP contribution < -0.4 is 5.32 Å². The summed E-state index contributed by atoms with van der Waals surface area (Å²) in [7, 11) is 1.64. The van der Waals surface area contributed by atoms with Crippen LogP contribution in [0.1, 0.15) is 27.9 Å². The van der Waals surface area contributed by atoms with Crippen LogP contribution in [0.5, 0.6) is 0 Å². The second kappa shape index (κ2) is 6.40. The van der Waals surface area contributed by atoms with E-state index in [1.165, 1.54) is 0 Å². The number of nitrogens with one attached hydrogen (secondary N) is 1. The molecule has 19 heavy (non-hydrogen) atoms. The van der Waals surface area contributed by atoms with Gasteiger partial charge in [-0.15, -0.1) is 5.10 Å². The maximum Gasteiger partial charge on any atom is 0.269 e. The first kappa shape index (κ1) is 13.6. The van der Waals surface area contributed by atoms with E-state index in [1.54, 1.807) is 7.11 Å². The predicted octanol–water partition coefficient (Wildman–Crippen LogP) is 2.50. The van der Waals surface area contributed by atoms with Crippen molar-refractivity contribution in [1.29, 1.82) is 0 Å². The molecule has 0 spiro atoms. The van der Waals surface area contributed by atoms with Crippen LogP contribution in [0.25, 0.3) is 0 Å². The second-order valence-corrected chi connectivity index (χ2v) is 4.74. The summed E-state index contributed by atoms with van der Waals surface area (Å²) in [5.41, 5.74) is 2.49. The Kier molecular flexibility index (Phi) is 4.59. The first-order valence-electron chi connectivity index (χ1n) is 5.95. The molecule has 2 aromatic rings. The molecule has 1 aromatic heterocycles. The van der Waals surface area contributed by atoms with Gasteiger partial charge in [0.2, 0.25) is 0 Å². The van der Waals surface area contributed by atoms with Gasteiger partial charge in [-0.2, -0.15) is 0 Å². The lowest BCUT2D eigenvalue weighted by Crippen LogP contribution is -2.12. The summed E-state index contributed by atoms with van der Waals surface area (Å²) in [6, 6.07) is 7.57. The van der Waals surface area contributed by atoms with Crippen LogP contribution in [-0.4, -0.2) is 22.6 Å². The quantitative estimate of drug-likeness (QED) is 0.912. The highest BCUT2D eigenvalue weighted by atomic mass is 32.1. The third kappa shape index (κ3) is 3.36. The molecule has 6 heteroatoms. The topological polar surface area (TPSA) is 64.1 Å². The predicted molar refractivity (Wildman–Crippen MR) is 74.4 cm³/mol. The summed E-state index contributed by atoms with van der Waals surface area (Å²) in [6.07, 6.45) is 0.697. The van der Waals surface area contributed by atoms with Crippen molar-refractivity contribution >= 4 is 23.1 Å². The summed E-state index contributed by atoms with van der Waals surface area (Å²) in [4.78, 5) is 12.7. The number of anilines is 1. The summed E-state index contributed by atoms with van der Waals surface area (Å²) >= 11 is 1.12. The molecule has 0 aliphatic carbocycles. The Bertz CT molecular complexity index is 569. The average molecular weight is 277 g/mol. The van der Waals surface area contributed by atoms with Crippen LogP contribution in [0.2, 0.25) is 0 Å². The van der Waals surface area contributed by atoms with Gasteiger partial charge >= 0.3 is 0 Å². The molecule has 0 aliphatic heterocycles. The first-order valence-corrected chi connectivity index (χ1v) is 6.72. The summed E-state index contributed by atoms with van der Waals surface area (Å²) in [5.74, 6) is -0.165. The van der Waals surface area contributed by atoms with E-state index in [0.29, 0.717) is 17.9 Å². The van der Waals surface area contributed by atoms with E-state index in [4.69, 9.17) is 4.74 Å². The summed E-state index contributed by atoms with van der Waals surface area (Å²) in [6.45, 7) is 2.47. The zero-order chi connectivity index (χ0) is 13.7. The fourth-order valence-corrected chi connectivity index (χ4v) is 2.35. The molecule has 5 nitrogen and oxygen atoms in total. The van der Waals surface area contributed by atoms with E-state index >= 15 is 0 Å². The Labute approximate surface area is 115 Å². The molecule has 1 N–H and O–H groups in total. The van der Waals surface area contributed by atoms with Crippen molar-refractivity contribution in [3.05, 3.63) is 40.4 Å². The van der Waals surface area contributed by atoms with E-state index in [1.807, 2.05) is 31.2 Å². The van der Waals surface area contributed by atoms with E-state index in [2.05, 4.69) is 14.9 Å². The Morgan fingerprint density at radius 2 is 2.32 bits per heavy atom. The highest BCUT2D eigenvalue weighted by Crippen LogP contribution is 2.16. The summed E-state index contributed by atoms with van der Waals surface area (Å²) in [5, 5.41) is 6.79. The van der Waals surface area contributed by atoms with Crippen molar-refractivity contribution in [3.63, 3.8) is 0 Å². The number of aromatic nitrogens is 2. The van der Waals surface area contributed by atoms with Crippen molar-refractivity contribution < 1.29 is 9.53 Å². The molecular weight excluding hydrogens is 262 g/mol. The number of methoxy groups -OCH3 is 1. The number of carbonyl (C=O) groups is 1. The molecule has 1 heterocycles. The van der Waals surface area contributed by atoms with Crippen LogP contribution in [-0.2, 0) is 17.8 Å². The molecule has 0 aliphatic rings. The number of nitrogens with zero attached hydrogens (tertiary/aromatic N) is 2. The van der Waals surface area contributed by atoms with Gasteiger partial charge in [0, 0.05) is 12.8 Å². The third-order valence-electron chi connectivity index (χ3n) is 2.59. The molecule has 0 saturated heterocycles. The number of aryl methyl sites for hydroxylation is 1. The molecule has 0 unspecified atom stereocenters. The Morgan fingerprint density at radius 1 is 1.47 bits per heavy atom. The molecule has 0 radical (unpaired) electrons. The minimum absolute atomic E-state index is 0.165. The molecule has 0 saturated carbocycles. The number of amides is 1. The van der Waals surface area contributed by atoms with E-state index in [9.17, 15) is 4.79 Å². The molecule has 0 bridgehead atoms. The number of rotatable bonds is 5. The van der Waals surface area contributed by atoms with Crippen LogP contribution in [0, 0.1) is 0 Å². The van der Waals surface area contributed by atoms with Crippen LogP contribution in [0.3, 0.4) is 0 Å². The molecule has 1 aromatic carbocycles. The van der Waals surface area contributed by atoms with Gasteiger partial charge in [0.1, 0.15) is 4.88 Å². The van der Waals surface area contributed by atoms with Gasteiger partial charge in [-0.25, -0.2) is 0 Å². The molecule has 0 fully saturated rings. The van der Waals surface area contributed by atoms with Crippen LogP contribution >= 0.6 is 11.5 Å². The van der Waals surface area contributed by atoms with Crippen LogP contribution in [0.15, 0.2) is 24.3 Å². The fraction of sp³-hybridized carbons (Fsp3) is 0.308. The van der Waals surface area contributed by atoms with Crippen molar-refractivity contribution in [3.8, 4) is 0 Å². The highest BCUT2D eigenvalue weighted by Gasteiger charge is 2.15. The normalized spacial score (nSPS) is 10.4. The molecule has 1 amide bonds. The number of benzene rings is 1. The van der Waals surface area contributed by atoms with Gasteiger partial charge in [0.25, 0.3) is 5.91 Å². The van der Waals surface area contributed by atoms with Gasteiger partial charge in [-0.3, -0.25) is 4.79 Å². The van der Waals surface area contributed by atoms with Gasteiger partial charge in [-0.1, -0.05) is 23.5 Å². The minimum Gasteiger partial charge on any atom is -0.380 e. The van der Waals surface area contributed by atoms with Gasteiger partial charge in [-0.05, 0) is 35.6 Å². The second-order valence-electron chi connectivity index (χ2n) is 3.99. The smallest absolute Gasteiger partial charge is 0.269 e. The zero-order valence-corrected chi connectivity index (χ0v) is 11.7. The van der Waals surface area contributed by atoms with Gasteiger partial charge < -0.3 is 10.1 Å². The van der Waals surface area contributed by atoms with Crippen molar-refractivity contribution in [2.45, 2.75) is 20.0 Å². The van der Waals surface area contributed by atoms with Crippen molar-refractivity contribution in [2.24, 2.45) is 0 Å². The third-order valence-corrected chi connectivity index (χ3v) is 3.36. The fourth-order valence-electron chi connectivity index (χ4n) is 1.71. The maximum atomic E-state index is 12.1. The lowest BCUT2D eigenvalue weighted by atomic mass is 10.2. The molecule has 0 atom stereocenters. The summed E-state index contributed by atoms with van der Waals surface area (Å²) < 4.78 is 8.88. The van der Waals surface area contributed by atoms with Crippen molar-refractivity contribution in [2.75, 3.05) is 12.4 Å². The van der Waals surface area contributed by atoms with Gasteiger partial charge in [0.15, 0.2) is 0 Å². The monoisotopic (exact) mass is 277 g/mol. The largest absolute Gasteiger partial charge is 0.380 e. The van der Waals surface area contributed by atoms with E-state index in [0.717, 1.165) is 28.5 Å². The SMILES string of the molecule is CCc1nnsc1C(=O)Nc1cccc(COC)c1. The number of hydrogen-bond acceptors (Lipinski definition) is 5. The van der Waals surface area contributed by atoms with E-state index in [-0.39, 0.29) is 5.91 Å². The Balaban J connectivity index is 2.12. The highest BCUT2D eigenvalue weighted by molar-refractivity contribution is 7.08. The van der Waals surface area contributed by atoms with Gasteiger partial charge in [0.05, 0.1) is 12.3 Å². The number of carbonyl (C=O) groups excluding carboxylic acids is 1. The minimum atomic E-state index is -0.165. The van der Waals surface area contributed by atoms with Crippen molar-refractivity contribution in [1.82, 2.24) is 9.59 Å². The Hall–Kier alpha value is -1.79. The lowest BCUT2D eigenvalue weighted by Gasteiger charge is -2.06. The number of ether oxygens (including phenoxy) is 1. The lowest BCUT2D eigenvalue weighted by molar-refractivity contribution is 0.102. The Morgan fingerprint density at radius 3 is 3.05 bits per heavy atom. The maximum absolute atomic E-state index is 12.1. The number of hydrogen-bond donors (Lipinski definition) is 1. The average Bonchev–Trinajstić information content (AvgIpc) is 2.88. The molecule has 100 valence electrons. The first-order chi connectivity index (χ1) is 9.24. The van der Waals surface area contributed by atoms with E-state index < -0.39 is 0 Å². The van der Waals surface area contributed by atoms with Crippen LogP contribution in [0.4, 0.5) is 5.69 Å². The molecular formula is C13H15N3O2S. The zero-order valence-electron chi connectivity index (χ0n) is 10.8. The molecule has 2 rings (SSSR count). The standard InChI is InChI=1S/C13H15N3O2S/c1-3-11-12(19-16-15-11)13(17)14-10-6-4-5-9(7-10)8-18-2/h4-7H,3,8H2,1-2H3,(H,14,17).